The Labute approximate surface area is 150 Å². The van der Waals surface area contributed by atoms with E-state index in [0.717, 1.165) is 22.7 Å². The summed E-state index contributed by atoms with van der Waals surface area (Å²) in [6.07, 6.45) is 0.987. The lowest BCUT2D eigenvalue weighted by Crippen LogP contribution is -2.45. The van der Waals surface area contributed by atoms with Gasteiger partial charge in [0.05, 0.1) is 11.9 Å². The van der Waals surface area contributed by atoms with Gasteiger partial charge in [-0.05, 0) is 43.3 Å². The average molecular weight is 380 g/mol. The molecule has 0 saturated carbocycles. The lowest BCUT2D eigenvalue weighted by molar-refractivity contribution is -0.116. The number of carbonyl (C=O) groups excluding carboxylic acids is 1. The number of rotatable bonds is 5. The molecule has 0 bridgehead atoms. The molecule has 1 heterocycles. The van der Waals surface area contributed by atoms with Crippen molar-refractivity contribution in [3.05, 3.63) is 48.3 Å². The summed E-state index contributed by atoms with van der Waals surface area (Å²) in [5.74, 6) is 0.0207. The second-order valence-electron chi connectivity index (χ2n) is 5.77. The van der Waals surface area contributed by atoms with Gasteiger partial charge in [-0.1, -0.05) is 0 Å². The van der Waals surface area contributed by atoms with E-state index in [2.05, 4.69) is 5.32 Å². The van der Waals surface area contributed by atoms with E-state index >= 15 is 0 Å². The molecule has 0 fully saturated rings. The lowest BCUT2D eigenvalue weighted by atomic mass is 10.2. The molecule has 7 nitrogen and oxygen atoms in total. The Bertz CT molecular complexity index is 931. The first kappa shape index (κ1) is 18.0. The molecule has 0 aliphatic carbocycles. The molecule has 3 rings (SSSR count). The maximum absolute atomic E-state index is 13.1. The summed E-state index contributed by atoms with van der Waals surface area (Å²) in [5.41, 5.74) is 0.640. The first-order valence-corrected chi connectivity index (χ1v) is 9.56. The molecule has 1 aliphatic rings. The molecule has 0 saturated heterocycles. The van der Waals surface area contributed by atoms with Crippen molar-refractivity contribution in [3.8, 4) is 11.5 Å². The number of hydrogen-bond donors (Lipinski definition) is 1. The Hall–Kier alpha value is -2.81. The number of fused-ring (bicyclic) bond motifs is 1. The van der Waals surface area contributed by atoms with Crippen molar-refractivity contribution in [2.75, 3.05) is 22.7 Å². The summed E-state index contributed by atoms with van der Waals surface area (Å²) in [7, 11) is -3.77. The zero-order chi connectivity index (χ0) is 18.9. The van der Waals surface area contributed by atoms with Gasteiger partial charge < -0.3 is 14.8 Å². The third-order valence-electron chi connectivity index (χ3n) is 3.81. The van der Waals surface area contributed by atoms with Crippen LogP contribution in [0.4, 0.5) is 15.8 Å². The smallest absolute Gasteiger partial charge is 0.247 e. The van der Waals surface area contributed by atoms with E-state index in [9.17, 15) is 17.6 Å². The van der Waals surface area contributed by atoms with Gasteiger partial charge in [0.1, 0.15) is 11.9 Å². The molecule has 9 heteroatoms. The largest absolute Gasteiger partial charge is 0.454 e. The van der Waals surface area contributed by atoms with E-state index in [-0.39, 0.29) is 12.5 Å². The number of amides is 1. The fourth-order valence-corrected chi connectivity index (χ4v) is 3.79. The van der Waals surface area contributed by atoms with Crippen LogP contribution in [0.25, 0.3) is 0 Å². The van der Waals surface area contributed by atoms with E-state index in [4.69, 9.17) is 9.47 Å². The highest BCUT2D eigenvalue weighted by atomic mass is 32.2. The zero-order valence-electron chi connectivity index (χ0n) is 14.1. The molecule has 0 radical (unpaired) electrons. The Kier molecular flexibility index (Phi) is 4.73. The SMILES string of the molecule is CC(C(=O)Nc1ccc2c(c1)OCO2)N(c1ccc(F)cc1)S(C)(=O)=O. The Morgan fingerprint density at radius 2 is 1.81 bits per heavy atom. The number of sulfonamides is 1. The monoisotopic (exact) mass is 380 g/mol. The summed E-state index contributed by atoms with van der Waals surface area (Å²) < 4.78 is 48.9. The molecule has 1 unspecified atom stereocenters. The molecule has 0 spiro atoms. The molecule has 1 atom stereocenters. The Balaban J connectivity index is 1.83. The van der Waals surface area contributed by atoms with Crippen LogP contribution in [0.2, 0.25) is 0 Å². The minimum absolute atomic E-state index is 0.107. The van der Waals surface area contributed by atoms with Gasteiger partial charge in [0.15, 0.2) is 11.5 Å². The molecule has 0 aromatic heterocycles. The topological polar surface area (TPSA) is 84.9 Å². The van der Waals surface area contributed by atoms with Crippen molar-refractivity contribution >= 4 is 27.3 Å². The number of carbonyl (C=O) groups is 1. The van der Waals surface area contributed by atoms with E-state index < -0.39 is 27.8 Å². The maximum atomic E-state index is 13.1. The van der Waals surface area contributed by atoms with Crippen LogP contribution in [0.15, 0.2) is 42.5 Å². The minimum atomic E-state index is -3.77. The standard InChI is InChI=1S/C17H17FN2O5S/c1-11(20(26(2,22)23)14-6-3-12(18)4-7-14)17(21)19-13-5-8-15-16(9-13)25-10-24-15/h3-9,11H,10H2,1-2H3,(H,19,21). The van der Waals surface area contributed by atoms with Gasteiger partial charge in [0, 0.05) is 11.8 Å². The fraction of sp³-hybridized carbons (Fsp3) is 0.235. The number of nitrogens with zero attached hydrogens (tertiary/aromatic N) is 1. The summed E-state index contributed by atoms with van der Waals surface area (Å²) in [6.45, 7) is 1.56. The van der Waals surface area contributed by atoms with Gasteiger partial charge >= 0.3 is 0 Å². The van der Waals surface area contributed by atoms with Crippen molar-refractivity contribution in [2.45, 2.75) is 13.0 Å². The fourth-order valence-electron chi connectivity index (χ4n) is 2.62. The van der Waals surface area contributed by atoms with Crippen LogP contribution in [0.5, 0.6) is 11.5 Å². The first-order valence-electron chi connectivity index (χ1n) is 7.71. The summed E-state index contributed by atoms with van der Waals surface area (Å²) in [4.78, 5) is 12.6. The summed E-state index contributed by atoms with van der Waals surface area (Å²) in [5, 5.41) is 2.65. The highest BCUT2D eigenvalue weighted by Gasteiger charge is 2.29. The Morgan fingerprint density at radius 3 is 2.46 bits per heavy atom. The zero-order valence-corrected chi connectivity index (χ0v) is 14.9. The minimum Gasteiger partial charge on any atom is -0.454 e. The average Bonchev–Trinajstić information content (AvgIpc) is 3.03. The molecule has 1 amide bonds. The maximum Gasteiger partial charge on any atom is 0.247 e. The molecule has 2 aromatic rings. The highest BCUT2D eigenvalue weighted by Crippen LogP contribution is 2.34. The van der Waals surface area contributed by atoms with E-state index in [0.29, 0.717) is 17.2 Å². The van der Waals surface area contributed by atoms with Crippen LogP contribution in [0.3, 0.4) is 0 Å². The number of anilines is 2. The van der Waals surface area contributed by atoms with Gasteiger partial charge in [-0.2, -0.15) is 0 Å². The van der Waals surface area contributed by atoms with E-state index in [1.165, 1.54) is 19.1 Å². The normalized spacial score (nSPS) is 14.0. The van der Waals surface area contributed by atoms with Crippen LogP contribution in [-0.2, 0) is 14.8 Å². The number of halogens is 1. The number of benzene rings is 2. The van der Waals surface area contributed by atoms with Crippen molar-refractivity contribution in [2.24, 2.45) is 0 Å². The van der Waals surface area contributed by atoms with E-state index in [1.54, 1.807) is 18.2 Å². The molecule has 138 valence electrons. The number of ether oxygens (including phenoxy) is 2. The van der Waals surface area contributed by atoms with Crippen molar-refractivity contribution in [1.29, 1.82) is 0 Å². The quantitative estimate of drug-likeness (QED) is 0.861. The van der Waals surface area contributed by atoms with Crippen LogP contribution in [-0.4, -0.2) is 33.4 Å². The predicted octanol–water partition coefficient (Wildman–Crippen LogP) is 2.35. The number of hydrogen-bond acceptors (Lipinski definition) is 5. The van der Waals surface area contributed by atoms with Gasteiger partial charge in [0.2, 0.25) is 22.7 Å². The second-order valence-corrected chi connectivity index (χ2v) is 7.63. The molecular weight excluding hydrogens is 363 g/mol. The molecule has 1 N–H and O–H groups in total. The van der Waals surface area contributed by atoms with Crippen molar-refractivity contribution in [3.63, 3.8) is 0 Å². The predicted molar refractivity (Wildman–Crippen MR) is 94.4 cm³/mol. The molecule has 26 heavy (non-hydrogen) atoms. The summed E-state index contributed by atoms with van der Waals surface area (Å²) >= 11 is 0. The lowest BCUT2D eigenvalue weighted by Gasteiger charge is -2.28. The van der Waals surface area contributed by atoms with Crippen LogP contribution in [0, 0.1) is 5.82 Å². The number of nitrogens with one attached hydrogen (secondary N) is 1. The van der Waals surface area contributed by atoms with Crippen LogP contribution in [0.1, 0.15) is 6.92 Å². The van der Waals surface area contributed by atoms with E-state index in [1.807, 2.05) is 0 Å². The molecule has 1 aliphatic heterocycles. The van der Waals surface area contributed by atoms with Crippen LogP contribution < -0.4 is 19.1 Å². The van der Waals surface area contributed by atoms with Crippen LogP contribution >= 0.6 is 0 Å². The first-order chi connectivity index (χ1) is 12.3. The third kappa shape index (κ3) is 3.72. The van der Waals surface area contributed by atoms with Gasteiger partial charge in [-0.25, -0.2) is 12.8 Å². The van der Waals surface area contributed by atoms with Gasteiger partial charge in [0.25, 0.3) is 0 Å². The molecule has 2 aromatic carbocycles. The van der Waals surface area contributed by atoms with Crippen molar-refractivity contribution in [1.82, 2.24) is 0 Å². The van der Waals surface area contributed by atoms with Gasteiger partial charge in [-0.15, -0.1) is 0 Å². The Morgan fingerprint density at radius 1 is 1.15 bits per heavy atom. The third-order valence-corrected chi connectivity index (χ3v) is 5.05. The molecular formula is C17H17FN2O5S. The van der Waals surface area contributed by atoms with Crippen molar-refractivity contribution < 1.29 is 27.1 Å². The summed E-state index contributed by atoms with van der Waals surface area (Å²) in [6, 6.07) is 8.70. The highest BCUT2D eigenvalue weighted by molar-refractivity contribution is 7.92. The van der Waals surface area contributed by atoms with Gasteiger partial charge in [-0.3, -0.25) is 9.10 Å². The second kappa shape index (κ2) is 6.83.